The van der Waals surface area contributed by atoms with E-state index < -0.39 is 58.8 Å². The van der Waals surface area contributed by atoms with Crippen molar-refractivity contribution in [2.45, 2.75) is 18.4 Å². The van der Waals surface area contributed by atoms with Gasteiger partial charge in [0.2, 0.25) is 5.82 Å². The highest BCUT2D eigenvalue weighted by molar-refractivity contribution is 6.31. The van der Waals surface area contributed by atoms with E-state index in [0.29, 0.717) is 12.1 Å². The van der Waals surface area contributed by atoms with Crippen molar-refractivity contribution < 1.29 is 44.7 Å². The molecule has 0 aliphatic carbocycles. The van der Waals surface area contributed by atoms with Crippen molar-refractivity contribution >= 4 is 29.1 Å². The second kappa shape index (κ2) is 10.4. The molecule has 0 fully saturated rings. The van der Waals surface area contributed by atoms with Crippen molar-refractivity contribution in [3.05, 3.63) is 111 Å². The van der Waals surface area contributed by atoms with Crippen LogP contribution in [-0.4, -0.2) is 21.8 Å². The highest BCUT2D eigenvalue weighted by atomic mass is 35.5. The first-order chi connectivity index (χ1) is 19.6. The molecule has 6 nitrogen and oxygen atoms in total. The zero-order valence-corrected chi connectivity index (χ0v) is 21.2. The molecule has 1 aromatic heterocycles. The summed E-state index contributed by atoms with van der Waals surface area (Å²) in [6, 6.07) is 5.76. The molecular weight excluding hydrogens is 600 g/mol. The molecule has 1 aliphatic heterocycles. The Kier molecular flexibility index (Phi) is 7.13. The Hall–Kier alpha value is -4.59. The Morgan fingerprint density at radius 2 is 1.55 bits per heavy atom. The third-order valence-electron chi connectivity index (χ3n) is 6.23. The van der Waals surface area contributed by atoms with Crippen LogP contribution in [0, 0.1) is 11.6 Å². The topological polar surface area (TPSA) is 84.0 Å². The lowest BCUT2D eigenvalue weighted by atomic mass is 9.93. The number of hydrogen-bond donors (Lipinski definition) is 2. The molecule has 15 heteroatoms. The van der Waals surface area contributed by atoms with Gasteiger partial charge in [-0.05, 0) is 54.1 Å². The van der Waals surface area contributed by atoms with Crippen molar-refractivity contribution in [2.24, 2.45) is 0 Å². The van der Waals surface area contributed by atoms with Gasteiger partial charge < -0.3 is 10.6 Å². The van der Waals surface area contributed by atoms with Gasteiger partial charge in [0.15, 0.2) is 0 Å². The van der Waals surface area contributed by atoms with E-state index in [0.717, 1.165) is 24.5 Å². The summed E-state index contributed by atoms with van der Waals surface area (Å²) in [6.07, 6.45) is -8.18. The lowest BCUT2D eigenvalue weighted by molar-refractivity contribution is -0.145. The monoisotopic (exact) mass is 612 g/mol. The van der Waals surface area contributed by atoms with Gasteiger partial charge in [-0.3, -0.25) is 9.59 Å². The van der Waals surface area contributed by atoms with E-state index in [1.807, 2.05) is 0 Å². The first-order valence-electron chi connectivity index (χ1n) is 11.6. The number of hydrogen-bond acceptors (Lipinski definition) is 4. The number of carbonyl (C=O) groups is 2. The largest absolute Gasteiger partial charge is 0.451 e. The summed E-state index contributed by atoms with van der Waals surface area (Å²) in [5, 5.41) is 4.93. The van der Waals surface area contributed by atoms with Crippen molar-refractivity contribution in [3.63, 3.8) is 0 Å². The summed E-state index contributed by atoms with van der Waals surface area (Å²) in [7, 11) is 0. The zero-order valence-electron chi connectivity index (χ0n) is 20.5. The Balaban J connectivity index is 1.65. The third-order valence-corrected chi connectivity index (χ3v) is 6.58. The fraction of sp³-hybridized carbons (Fsp3) is 0.111. The van der Waals surface area contributed by atoms with Gasteiger partial charge in [-0.15, -0.1) is 0 Å². The number of rotatable bonds is 4. The van der Waals surface area contributed by atoms with Crippen molar-refractivity contribution in [1.82, 2.24) is 15.3 Å². The van der Waals surface area contributed by atoms with E-state index in [1.54, 1.807) is 0 Å². The molecule has 0 radical (unpaired) electrons. The van der Waals surface area contributed by atoms with Crippen LogP contribution in [0.4, 0.5) is 40.8 Å². The molecule has 1 aliphatic rings. The minimum atomic E-state index is -4.98. The van der Waals surface area contributed by atoms with Gasteiger partial charge in [0, 0.05) is 50.9 Å². The summed E-state index contributed by atoms with van der Waals surface area (Å²) >= 11 is 6.24. The molecule has 0 bridgehead atoms. The molecule has 2 N–H and O–H groups in total. The van der Waals surface area contributed by atoms with E-state index in [-0.39, 0.29) is 44.6 Å². The Bertz CT molecular complexity index is 1740. The lowest BCUT2D eigenvalue weighted by Crippen LogP contribution is -2.21. The number of nitrogens with zero attached hydrogens (tertiary/aromatic N) is 2. The first-order valence-corrected chi connectivity index (χ1v) is 12.0. The number of anilines is 1. The molecule has 3 aromatic carbocycles. The van der Waals surface area contributed by atoms with Crippen LogP contribution in [0.2, 0.25) is 5.02 Å². The summed E-state index contributed by atoms with van der Waals surface area (Å²) in [5.74, 6) is -5.47. The van der Waals surface area contributed by atoms with Crippen LogP contribution >= 0.6 is 11.6 Å². The van der Waals surface area contributed by atoms with Crippen LogP contribution in [0.25, 0.3) is 11.1 Å². The Labute approximate surface area is 235 Å². The van der Waals surface area contributed by atoms with Crippen LogP contribution in [0.3, 0.4) is 0 Å². The molecule has 0 saturated carbocycles. The molecule has 2 amide bonds. The van der Waals surface area contributed by atoms with Crippen LogP contribution in [-0.2, 0) is 12.4 Å². The smallest absolute Gasteiger partial charge is 0.341 e. The first kappa shape index (κ1) is 28.9. The Morgan fingerprint density at radius 3 is 2.19 bits per heavy atom. The average molecular weight is 613 g/mol. The number of aromatic nitrogens is 2. The maximum atomic E-state index is 14.1. The molecule has 0 saturated heterocycles. The minimum absolute atomic E-state index is 0.0184. The van der Waals surface area contributed by atoms with Gasteiger partial charge in [0.25, 0.3) is 11.8 Å². The van der Waals surface area contributed by atoms with Gasteiger partial charge in [-0.1, -0.05) is 11.6 Å². The molecule has 2 heterocycles. The minimum Gasteiger partial charge on any atom is -0.341 e. The van der Waals surface area contributed by atoms with Crippen LogP contribution in [0.1, 0.15) is 49.3 Å². The summed E-state index contributed by atoms with van der Waals surface area (Å²) in [5.41, 5.74) is -2.40. The van der Waals surface area contributed by atoms with Gasteiger partial charge in [-0.2, -0.15) is 26.3 Å². The molecule has 0 spiro atoms. The quantitative estimate of drug-likeness (QED) is 0.239. The summed E-state index contributed by atoms with van der Waals surface area (Å²) in [6.45, 7) is 0. The number of benzene rings is 3. The molecule has 42 heavy (non-hydrogen) atoms. The molecular formula is C27H13ClF8N4O2. The normalized spacial score (nSPS) is 14.9. The van der Waals surface area contributed by atoms with Gasteiger partial charge in [0.1, 0.15) is 11.6 Å². The number of carbonyl (C=O) groups excluding carboxylic acids is 2. The average Bonchev–Trinajstić information content (AvgIpc) is 3.25. The summed E-state index contributed by atoms with van der Waals surface area (Å²) < 4.78 is 107. The van der Waals surface area contributed by atoms with Gasteiger partial charge >= 0.3 is 12.4 Å². The molecule has 1 atom stereocenters. The van der Waals surface area contributed by atoms with E-state index in [2.05, 4.69) is 20.6 Å². The van der Waals surface area contributed by atoms with Crippen LogP contribution in [0.15, 0.2) is 60.9 Å². The molecule has 5 rings (SSSR count). The zero-order chi connectivity index (χ0) is 30.6. The van der Waals surface area contributed by atoms with E-state index in [1.165, 1.54) is 18.2 Å². The molecule has 216 valence electrons. The van der Waals surface area contributed by atoms with E-state index >= 15 is 0 Å². The standard InChI is InChI=1S/C27H13ClF8N4O2/c28-19-2-1-15(29)8-17(19)22-21-18(24(42)40-22)5-11(13-9-37-25(38-10-13)27(34,35)36)6-20(21)39-23(41)12-3-14(26(31,32)33)7-16(30)4-12/h1-10,22H,(H,39,41)(H,40,42). The highest BCUT2D eigenvalue weighted by Gasteiger charge is 2.37. The number of amides is 2. The molecule has 1 unspecified atom stereocenters. The number of alkyl halides is 6. The van der Waals surface area contributed by atoms with Crippen LogP contribution in [0.5, 0.6) is 0 Å². The van der Waals surface area contributed by atoms with Crippen molar-refractivity contribution in [3.8, 4) is 11.1 Å². The second-order valence-electron chi connectivity index (χ2n) is 9.03. The predicted octanol–water partition coefficient (Wildman–Crippen LogP) is 7.20. The number of fused-ring (bicyclic) bond motifs is 1. The maximum absolute atomic E-state index is 14.1. The summed E-state index contributed by atoms with van der Waals surface area (Å²) in [4.78, 5) is 32.7. The van der Waals surface area contributed by atoms with Crippen molar-refractivity contribution in [2.75, 3.05) is 5.32 Å². The van der Waals surface area contributed by atoms with Gasteiger partial charge in [0.05, 0.1) is 11.6 Å². The second-order valence-corrected chi connectivity index (χ2v) is 9.44. The van der Waals surface area contributed by atoms with E-state index in [4.69, 9.17) is 11.6 Å². The van der Waals surface area contributed by atoms with Gasteiger partial charge in [-0.25, -0.2) is 18.7 Å². The maximum Gasteiger partial charge on any atom is 0.451 e. The number of halogens is 9. The third kappa shape index (κ3) is 5.62. The molecule has 4 aromatic rings. The Morgan fingerprint density at radius 1 is 0.857 bits per heavy atom. The highest BCUT2D eigenvalue weighted by Crippen LogP contribution is 2.42. The predicted molar refractivity (Wildman–Crippen MR) is 133 cm³/mol. The number of nitrogens with one attached hydrogen (secondary N) is 2. The van der Waals surface area contributed by atoms with Crippen LogP contribution < -0.4 is 10.6 Å². The van der Waals surface area contributed by atoms with E-state index in [9.17, 15) is 44.7 Å². The fourth-order valence-electron chi connectivity index (χ4n) is 4.37. The fourth-order valence-corrected chi connectivity index (χ4v) is 4.60. The lowest BCUT2D eigenvalue weighted by Gasteiger charge is -2.19. The SMILES string of the molecule is O=C(Nc1cc(-c2cnc(C(F)(F)F)nc2)cc2c1C(c1cc(F)ccc1Cl)NC2=O)c1cc(F)cc(C(F)(F)F)c1. The van der Waals surface area contributed by atoms with Crippen molar-refractivity contribution in [1.29, 1.82) is 0 Å².